The molecule has 3 heterocycles. The van der Waals surface area contributed by atoms with Gasteiger partial charge in [0.2, 0.25) is 0 Å². The number of hydrogen-bond acceptors (Lipinski definition) is 1. The van der Waals surface area contributed by atoms with E-state index in [0.717, 1.165) is 12.1 Å². The number of aromatic nitrogens is 1. The van der Waals surface area contributed by atoms with Crippen LogP contribution in [0.3, 0.4) is 0 Å². The summed E-state index contributed by atoms with van der Waals surface area (Å²) in [6, 6.07) is 42.4. The van der Waals surface area contributed by atoms with Crippen molar-refractivity contribution in [3.63, 3.8) is 0 Å². The molecule has 6 atom stereocenters. The minimum atomic E-state index is -0.0613. The Morgan fingerprint density at radius 3 is 2.00 bits per heavy atom. The van der Waals surface area contributed by atoms with E-state index in [9.17, 15) is 0 Å². The Morgan fingerprint density at radius 2 is 1.28 bits per heavy atom. The Morgan fingerprint density at radius 1 is 0.660 bits per heavy atom. The summed E-state index contributed by atoms with van der Waals surface area (Å²) < 4.78 is 2.44. The van der Waals surface area contributed by atoms with E-state index in [1.165, 1.54) is 71.8 Å². The van der Waals surface area contributed by atoms with Gasteiger partial charge in [-0.15, -0.1) is 0 Å². The van der Waals surface area contributed by atoms with Crippen molar-refractivity contribution in [2.75, 3.05) is 4.90 Å². The zero-order chi connectivity index (χ0) is 35.8. The monoisotopic (exact) mass is 686 g/mol. The number of fused-ring (bicyclic) bond motifs is 13. The Balaban J connectivity index is 0.00000172. The van der Waals surface area contributed by atoms with Gasteiger partial charge in [0.25, 0.3) is 0 Å². The van der Waals surface area contributed by atoms with Crippen LogP contribution in [0.2, 0.25) is 0 Å². The van der Waals surface area contributed by atoms with Gasteiger partial charge in [-0.05, 0) is 100.0 Å². The Bertz CT molecular complexity index is 2700. The first kappa shape index (κ1) is 32.1. The van der Waals surface area contributed by atoms with Gasteiger partial charge in [0, 0.05) is 51.5 Å². The Labute approximate surface area is 312 Å². The smallest absolute Gasteiger partial charge is 0.0544 e. The molecule has 7 aromatic rings. The predicted molar refractivity (Wildman–Crippen MR) is 229 cm³/mol. The summed E-state index contributed by atoms with van der Waals surface area (Å²) in [4.78, 5) is 2.87. The molecule has 4 aliphatic rings. The normalized spacial score (nSPS) is 25.7. The van der Waals surface area contributed by atoms with Gasteiger partial charge >= 0.3 is 0 Å². The number of hydrogen-bond donors (Lipinski definition) is 0. The second-order valence-corrected chi connectivity index (χ2v) is 15.3. The van der Waals surface area contributed by atoms with Gasteiger partial charge in [0.15, 0.2) is 0 Å². The van der Waals surface area contributed by atoms with Gasteiger partial charge < -0.3 is 9.47 Å². The molecule has 0 N–H and O–H groups in total. The summed E-state index contributed by atoms with van der Waals surface area (Å²) in [5, 5.41) is 10.7. The second kappa shape index (κ2) is 12.2. The van der Waals surface area contributed by atoms with Crippen LogP contribution in [-0.2, 0) is 5.41 Å². The average Bonchev–Trinajstić information content (AvgIpc) is 3.69. The molecule has 5 unspecified atom stereocenters. The molecular formula is C51H46N2. The van der Waals surface area contributed by atoms with Crippen LogP contribution in [0.25, 0.3) is 59.8 Å². The summed E-state index contributed by atoms with van der Waals surface area (Å²) in [5.41, 5.74) is 6.39. The molecule has 2 heteroatoms. The van der Waals surface area contributed by atoms with Crippen molar-refractivity contribution in [2.45, 2.75) is 51.1 Å². The third-order valence-electron chi connectivity index (χ3n) is 13.1. The molecule has 2 fully saturated rings. The largest absolute Gasteiger partial charge is 0.364 e. The van der Waals surface area contributed by atoms with Crippen molar-refractivity contribution in [2.24, 2.45) is 17.8 Å². The molecule has 4 bridgehead atoms. The van der Waals surface area contributed by atoms with Crippen LogP contribution >= 0.6 is 0 Å². The van der Waals surface area contributed by atoms with Crippen molar-refractivity contribution >= 4 is 65.5 Å². The molecule has 1 aromatic heterocycles. The molecule has 2 saturated heterocycles. The second-order valence-electron chi connectivity index (χ2n) is 15.3. The summed E-state index contributed by atoms with van der Waals surface area (Å²) in [5.74, 6) is 1.53. The van der Waals surface area contributed by atoms with Crippen LogP contribution < -0.4 is 4.90 Å². The third kappa shape index (κ3) is 4.45. The lowest BCUT2D eigenvalue weighted by Crippen LogP contribution is -2.44. The van der Waals surface area contributed by atoms with Crippen LogP contribution in [0.4, 0.5) is 5.69 Å². The molecule has 0 amide bonds. The number of rotatable bonds is 5. The highest BCUT2D eigenvalue weighted by atomic mass is 15.2. The van der Waals surface area contributed by atoms with Gasteiger partial charge in [0.1, 0.15) is 0 Å². The van der Waals surface area contributed by atoms with Crippen LogP contribution in [0.15, 0.2) is 164 Å². The van der Waals surface area contributed by atoms with E-state index in [0.29, 0.717) is 29.8 Å². The highest BCUT2D eigenvalue weighted by Crippen LogP contribution is 2.60. The zero-order valence-electron chi connectivity index (χ0n) is 30.9. The standard InChI is InChI=1S/C49H40N2.C2H6/c1-3-11-33(12-4-2)50-45-18-10-9-17-40(45)41-22-19-31(27-46(41)50)49-26-25-43-42-23-20-32(49)28-47(42)51(48(43)30-49)34-21-24-39-37-15-6-5-13-35(37)36-14-7-8-16-38(36)44(39)29-34;1-2/h3-27,29,32,42-43,47-48H,1,28,30H2,2H3;1-2H3/b12-4-,33-11+;/t32?,42?,43?,47?,48?,49-;/m1./s1. The maximum Gasteiger partial charge on any atom is 0.0544 e. The fraction of sp³-hybridized carbons (Fsp3) is 0.216. The third-order valence-corrected chi connectivity index (χ3v) is 13.1. The maximum absolute atomic E-state index is 4.06. The van der Waals surface area contributed by atoms with Gasteiger partial charge in [-0.3, -0.25) is 0 Å². The minimum Gasteiger partial charge on any atom is -0.364 e. The zero-order valence-corrected chi connectivity index (χ0v) is 30.9. The molecule has 2 aliphatic carbocycles. The van der Waals surface area contributed by atoms with Crippen molar-refractivity contribution < 1.29 is 0 Å². The molecule has 0 saturated carbocycles. The molecule has 11 rings (SSSR count). The van der Waals surface area contributed by atoms with Crippen molar-refractivity contribution in [1.29, 1.82) is 0 Å². The van der Waals surface area contributed by atoms with Gasteiger partial charge in [-0.25, -0.2) is 0 Å². The number of anilines is 1. The molecule has 6 aromatic carbocycles. The topological polar surface area (TPSA) is 8.17 Å². The van der Waals surface area contributed by atoms with Crippen LogP contribution in [0, 0.1) is 17.8 Å². The minimum absolute atomic E-state index is 0.0613. The first-order valence-corrected chi connectivity index (χ1v) is 19.7. The summed E-state index contributed by atoms with van der Waals surface area (Å²) in [7, 11) is 0. The fourth-order valence-electron chi connectivity index (χ4n) is 11.0. The lowest BCUT2D eigenvalue weighted by Gasteiger charge is -2.47. The summed E-state index contributed by atoms with van der Waals surface area (Å²) in [6.07, 6.45) is 21.1. The van der Waals surface area contributed by atoms with E-state index < -0.39 is 0 Å². The van der Waals surface area contributed by atoms with E-state index in [1.807, 2.05) is 19.9 Å². The van der Waals surface area contributed by atoms with Crippen LogP contribution in [0.1, 0.15) is 39.2 Å². The lowest BCUT2D eigenvalue weighted by atomic mass is 9.56. The first-order chi connectivity index (χ1) is 26.2. The summed E-state index contributed by atoms with van der Waals surface area (Å²) >= 11 is 0. The summed E-state index contributed by atoms with van der Waals surface area (Å²) in [6.45, 7) is 10.2. The number of allylic oxidation sites excluding steroid dienone is 7. The fourth-order valence-corrected chi connectivity index (χ4v) is 11.0. The lowest BCUT2D eigenvalue weighted by molar-refractivity contribution is 0.246. The highest BCUT2D eigenvalue weighted by molar-refractivity contribution is 6.25. The predicted octanol–water partition coefficient (Wildman–Crippen LogP) is 13.2. The maximum atomic E-state index is 4.06. The Kier molecular flexibility index (Phi) is 7.41. The first-order valence-electron chi connectivity index (χ1n) is 19.7. The quantitative estimate of drug-likeness (QED) is 0.0994. The molecule has 53 heavy (non-hydrogen) atoms. The number of para-hydroxylation sites is 1. The van der Waals surface area contributed by atoms with Crippen molar-refractivity contribution in [3.05, 3.63) is 170 Å². The molecular weight excluding hydrogens is 641 g/mol. The molecule has 0 radical (unpaired) electrons. The molecule has 260 valence electrons. The average molecular weight is 687 g/mol. The highest BCUT2D eigenvalue weighted by Gasteiger charge is 2.59. The van der Waals surface area contributed by atoms with E-state index >= 15 is 0 Å². The number of nitrogens with zero attached hydrogens (tertiary/aromatic N) is 2. The van der Waals surface area contributed by atoms with Crippen molar-refractivity contribution in [3.8, 4) is 0 Å². The van der Waals surface area contributed by atoms with Gasteiger partial charge in [0.05, 0.1) is 11.0 Å². The molecule has 2 aliphatic heterocycles. The van der Waals surface area contributed by atoms with Crippen LogP contribution in [0.5, 0.6) is 0 Å². The number of benzene rings is 6. The van der Waals surface area contributed by atoms with E-state index in [4.69, 9.17) is 0 Å². The molecule has 2 nitrogen and oxygen atoms in total. The van der Waals surface area contributed by atoms with Crippen LogP contribution in [-0.4, -0.2) is 16.7 Å². The Hall–Kier alpha value is -5.60. The van der Waals surface area contributed by atoms with E-state index in [2.05, 4.69) is 175 Å². The van der Waals surface area contributed by atoms with E-state index in [-0.39, 0.29) is 5.41 Å². The molecule has 0 spiro atoms. The SMILES string of the molecule is C=C/C=C(\C=C/C)n1c2ccccc2c2ccc([C@]34C=CC5C6C=CC3CC6N(c3ccc6c7ccccc7c7ccccc7c6c3)C5C4)cc21.CC. The van der Waals surface area contributed by atoms with Gasteiger partial charge in [-0.2, -0.15) is 0 Å². The van der Waals surface area contributed by atoms with Gasteiger partial charge in [-0.1, -0.05) is 142 Å². The van der Waals surface area contributed by atoms with Crippen molar-refractivity contribution in [1.82, 2.24) is 4.57 Å². The van der Waals surface area contributed by atoms with E-state index in [1.54, 1.807) is 0 Å².